The van der Waals surface area contributed by atoms with E-state index >= 15 is 0 Å². The Kier molecular flexibility index (Phi) is 3.28. The minimum Gasteiger partial charge on any atom is -0.281 e. The fourth-order valence-electron chi connectivity index (χ4n) is 2.39. The Morgan fingerprint density at radius 3 is 2.47 bits per heavy atom. The highest BCUT2D eigenvalue weighted by Crippen LogP contribution is 2.29. The Bertz CT molecular complexity index is 623. The summed E-state index contributed by atoms with van der Waals surface area (Å²) < 4.78 is 0. The third kappa shape index (κ3) is 2.50. The maximum atomic E-state index is 4.58. The molecule has 1 heteroatoms. The smallest absolute Gasteiger partial charge is 0.0936 e. The van der Waals surface area contributed by atoms with Crippen LogP contribution in [0.25, 0.3) is 11.1 Å². The molecule has 0 saturated carbocycles. The van der Waals surface area contributed by atoms with E-state index in [1.165, 1.54) is 22.3 Å². The number of nitrogens with zero attached hydrogens (tertiary/aromatic N) is 1. The molecule has 0 amide bonds. The van der Waals surface area contributed by atoms with Crippen LogP contribution >= 0.6 is 0 Å². The van der Waals surface area contributed by atoms with Gasteiger partial charge in [0.2, 0.25) is 0 Å². The molecule has 0 aliphatic carbocycles. The van der Waals surface area contributed by atoms with E-state index in [0.29, 0.717) is 0 Å². The summed E-state index contributed by atoms with van der Waals surface area (Å²) in [6, 6.07) is 19.3. The van der Waals surface area contributed by atoms with Crippen molar-refractivity contribution in [2.75, 3.05) is 0 Å². The van der Waals surface area contributed by atoms with E-state index < -0.39 is 0 Å². The van der Waals surface area contributed by atoms with Gasteiger partial charge in [-0.1, -0.05) is 61.5 Å². The molecule has 1 heterocycles. The SMILES string of the molecule is CCC1=CC(c2cccc(-c3ccccc3)c2)N=C1. The first-order valence-electron chi connectivity index (χ1n) is 6.76. The van der Waals surface area contributed by atoms with Crippen LogP contribution in [0.4, 0.5) is 0 Å². The molecule has 0 radical (unpaired) electrons. The van der Waals surface area contributed by atoms with E-state index in [9.17, 15) is 0 Å². The summed E-state index contributed by atoms with van der Waals surface area (Å²) in [5.74, 6) is 0. The van der Waals surface area contributed by atoms with Crippen LogP contribution in [0.2, 0.25) is 0 Å². The van der Waals surface area contributed by atoms with Gasteiger partial charge in [-0.25, -0.2) is 0 Å². The Labute approximate surface area is 114 Å². The van der Waals surface area contributed by atoms with Gasteiger partial charge in [-0.3, -0.25) is 4.99 Å². The lowest BCUT2D eigenvalue weighted by Gasteiger charge is -2.08. The summed E-state index contributed by atoms with van der Waals surface area (Å²) in [6.45, 7) is 2.17. The molecule has 1 aliphatic heterocycles. The Balaban J connectivity index is 1.94. The van der Waals surface area contributed by atoms with Crippen LogP contribution in [-0.2, 0) is 0 Å². The summed E-state index contributed by atoms with van der Waals surface area (Å²) in [5, 5.41) is 0. The maximum Gasteiger partial charge on any atom is 0.0936 e. The van der Waals surface area contributed by atoms with Gasteiger partial charge in [0, 0.05) is 6.21 Å². The van der Waals surface area contributed by atoms with Crippen LogP contribution in [0.15, 0.2) is 71.2 Å². The number of benzene rings is 2. The lowest BCUT2D eigenvalue weighted by Crippen LogP contribution is -1.89. The second kappa shape index (κ2) is 5.23. The fourth-order valence-corrected chi connectivity index (χ4v) is 2.39. The van der Waals surface area contributed by atoms with Crippen LogP contribution < -0.4 is 0 Å². The number of hydrogen-bond donors (Lipinski definition) is 0. The van der Waals surface area contributed by atoms with Gasteiger partial charge in [-0.05, 0) is 34.8 Å². The molecule has 94 valence electrons. The van der Waals surface area contributed by atoms with Gasteiger partial charge in [0.15, 0.2) is 0 Å². The molecule has 0 spiro atoms. The molecular weight excluding hydrogens is 230 g/mol. The van der Waals surface area contributed by atoms with E-state index in [-0.39, 0.29) is 6.04 Å². The third-order valence-electron chi connectivity index (χ3n) is 3.52. The van der Waals surface area contributed by atoms with Crippen molar-refractivity contribution in [3.63, 3.8) is 0 Å². The number of rotatable bonds is 3. The average Bonchev–Trinajstić information content (AvgIpc) is 2.97. The van der Waals surface area contributed by atoms with Crippen LogP contribution in [-0.4, -0.2) is 6.21 Å². The van der Waals surface area contributed by atoms with Crippen molar-refractivity contribution in [2.24, 2.45) is 4.99 Å². The molecule has 1 unspecified atom stereocenters. The highest BCUT2D eigenvalue weighted by atomic mass is 14.8. The molecular formula is C18H17N. The predicted molar refractivity (Wildman–Crippen MR) is 81.5 cm³/mol. The van der Waals surface area contributed by atoms with E-state index in [1.807, 2.05) is 12.3 Å². The average molecular weight is 247 g/mol. The number of aliphatic imine (C=N–C) groups is 1. The second-order valence-electron chi connectivity index (χ2n) is 4.81. The van der Waals surface area contributed by atoms with Crippen LogP contribution in [0.3, 0.4) is 0 Å². The quantitative estimate of drug-likeness (QED) is 0.737. The zero-order valence-electron chi connectivity index (χ0n) is 11.1. The van der Waals surface area contributed by atoms with Gasteiger partial charge >= 0.3 is 0 Å². The van der Waals surface area contributed by atoms with E-state index in [0.717, 1.165) is 6.42 Å². The molecule has 2 aromatic rings. The van der Waals surface area contributed by atoms with Crippen molar-refractivity contribution < 1.29 is 0 Å². The van der Waals surface area contributed by atoms with Crippen LogP contribution in [0.1, 0.15) is 24.9 Å². The van der Waals surface area contributed by atoms with Crippen LogP contribution in [0.5, 0.6) is 0 Å². The molecule has 19 heavy (non-hydrogen) atoms. The molecule has 2 aromatic carbocycles. The molecule has 1 atom stereocenters. The highest BCUT2D eigenvalue weighted by molar-refractivity contribution is 5.81. The molecule has 0 fully saturated rings. The summed E-state index contributed by atoms with van der Waals surface area (Å²) >= 11 is 0. The summed E-state index contributed by atoms with van der Waals surface area (Å²) in [4.78, 5) is 4.58. The maximum absolute atomic E-state index is 4.58. The number of allylic oxidation sites excluding steroid dienone is 1. The molecule has 0 bridgehead atoms. The van der Waals surface area contributed by atoms with Crippen molar-refractivity contribution in [3.8, 4) is 11.1 Å². The summed E-state index contributed by atoms with van der Waals surface area (Å²) in [6.07, 6.45) is 5.31. The van der Waals surface area contributed by atoms with E-state index in [2.05, 4.69) is 66.5 Å². The molecule has 3 rings (SSSR count). The summed E-state index contributed by atoms with van der Waals surface area (Å²) in [7, 11) is 0. The van der Waals surface area contributed by atoms with Gasteiger partial charge in [-0.2, -0.15) is 0 Å². The van der Waals surface area contributed by atoms with E-state index in [1.54, 1.807) is 0 Å². The minimum absolute atomic E-state index is 0.193. The van der Waals surface area contributed by atoms with Gasteiger partial charge in [0.25, 0.3) is 0 Å². The van der Waals surface area contributed by atoms with E-state index in [4.69, 9.17) is 0 Å². The van der Waals surface area contributed by atoms with Gasteiger partial charge in [-0.15, -0.1) is 0 Å². The van der Waals surface area contributed by atoms with Gasteiger partial charge in [0.1, 0.15) is 0 Å². The second-order valence-corrected chi connectivity index (χ2v) is 4.81. The Morgan fingerprint density at radius 1 is 0.947 bits per heavy atom. The highest BCUT2D eigenvalue weighted by Gasteiger charge is 2.12. The molecule has 1 aliphatic rings. The normalized spacial score (nSPS) is 17.5. The first kappa shape index (κ1) is 11.9. The van der Waals surface area contributed by atoms with Gasteiger partial charge < -0.3 is 0 Å². The van der Waals surface area contributed by atoms with Gasteiger partial charge in [0.05, 0.1) is 6.04 Å². The lowest BCUT2D eigenvalue weighted by atomic mass is 9.99. The van der Waals surface area contributed by atoms with Crippen molar-refractivity contribution in [2.45, 2.75) is 19.4 Å². The first-order valence-corrected chi connectivity index (χ1v) is 6.76. The number of hydrogen-bond acceptors (Lipinski definition) is 1. The minimum atomic E-state index is 0.193. The first-order chi connectivity index (χ1) is 9.36. The zero-order chi connectivity index (χ0) is 13.1. The Hall–Kier alpha value is -2.15. The monoisotopic (exact) mass is 247 g/mol. The predicted octanol–water partition coefficient (Wildman–Crippen LogP) is 4.82. The topological polar surface area (TPSA) is 12.4 Å². The lowest BCUT2D eigenvalue weighted by molar-refractivity contribution is 0.931. The van der Waals surface area contributed by atoms with Crippen LogP contribution in [0, 0.1) is 0 Å². The largest absolute Gasteiger partial charge is 0.281 e. The molecule has 0 saturated heterocycles. The molecule has 0 aromatic heterocycles. The Morgan fingerprint density at radius 2 is 1.74 bits per heavy atom. The van der Waals surface area contributed by atoms with Crippen molar-refractivity contribution >= 4 is 6.21 Å². The summed E-state index contributed by atoms with van der Waals surface area (Å²) in [5.41, 5.74) is 5.11. The zero-order valence-corrected chi connectivity index (χ0v) is 11.1. The van der Waals surface area contributed by atoms with Crippen molar-refractivity contribution in [3.05, 3.63) is 71.8 Å². The molecule has 1 nitrogen and oxygen atoms in total. The van der Waals surface area contributed by atoms with Crippen molar-refractivity contribution in [1.82, 2.24) is 0 Å². The van der Waals surface area contributed by atoms with Crippen molar-refractivity contribution in [1.29, 1.82) is 0 Å². The third-order valence-corrected chi connectivity index (χ3v) is 3.52. The molecule has 0 N–H and O–H groups in total. The standard InChI is InChI=1S/C18H17N/c1-2-14-11-18(19-13-14)17-10-6-9-16(12-17)15-7-4-3-5-8-15/h3-13,18H,2H2,1H3. The fraction of sp³-hybridized carbons (Fsp3) is 0.167.